The van der Waals surface area contributed by atoms with Gasteiger partial charge in [-0.2, -0.15) is 0 Å². The van der Waals surface area contributed by atoms with E-state index in [1.165, 1.54) is 5.56 Å². The molecule has 2 atom stereocenters. The standard InChI is InChI=1S/C25H31N3O2/c26-15-6-11-23(27)25(29)24(18-28-16-14-19-7-2-1-3-8-19)30-22-13-12-20-9-4-5-10-21(20)17-22/h1-5,7-10,12-13,17,23-24,28H,6,11,14-16,18,26-27H2/t23-,24?/m1/s1. The summed E-state index contributed by atoms with van der Waals surface area (Å²) in [5.74, 6) is 0.576. The summed E-state index contributed by atoms with van der Waals surface area (Å²) in [4.78, 5) is 13.0. The van der Waals surface area contributed by atoms with Crippen LogP contribution >= 0.6 is 0 Å². The molecule has 0 aliphatic rings. The average Bonchev–Trinajstić information content (AvgIpc) is 2.79. The first-order chi connectivity index (χ1) is 14.7. The lowest BCUT2D eigenvalue weighted by Gasteiger charge is -2.22. The monoisotopic (exact) mass is 405 g/mol. The number of carbonyl (C=O) groups excluding carboxylic acids is 1. The normalized spacial score (nSPS) is 13.1. The molecule has 0 aliphatic carbocycles. The summed E-state index contributed by atoms with van der Waals surface area (Å²) in [5, 5.41) is 5.56. The second kappa shape index (κ2) is 11.5. The Bertz CT molecular complexity index is 930. The Morgan fingerprint density at radius 1 is 0.967 bits per heavy atom. The Labute approximate surface area is 178 Å². The van der Waals surface area contributed by atoms with Crippen LogP contribution in [0.4, 0.5) is 0 Å². The van der Waals surface area contributed by atoms with E-state index < -0.39 is 12.1 Å². The minimum atomic E-state index is -0.644. The van der Waals surface area contributed by atoms with Crippen molar-refractivity contribution in [3.05, 3.63) is 78.4 Å². The Hall–Kier alpha value is -2.73. The number of hydrogen-bond acceptors (Lipinski definition) is 5. The Balaban J connectivity index is 1.65. The van der Waals surface area contributed by atoms with E-state index in [4.69, 9.17) is 16.2 Å². The highest BCUT2D eigenvalue weighted by Gasteiger charge is 2.25. The summed E-state index contributed by atoms with van der Waals surface area (Å²) in [7, 11) is 0. The predicted octanol–water partition coefficient (Wildman–Crippen LogP) is 3.05. The lowest BCUT2D eigenvalue weighted by molar-refractivity contribution is -0.127. The number of nitrogens with two attached hydrogens (primary N) is 2. The number of nitrogens with one attached hydrogen (secondary N) is 1. The van der Waals surface area contributed by atoms with Crippen molar-refractivity contribution >= 4 is 16.6 Å². The highest BCUT2D eigenvalue weighted by Crippen LogP contribution is 2.22. The van der Waals surface area contributed by atoms with Crippen LogP contribution in [0, 0.1) is 0 Å². The molecular formula is C25H31N3O2. The van der Waals surface area contributed by atoms with Gasteiger partial charge in [0.2, 0.25) is 0 Å². The third-order valence-corrected chi connectivity index (χ3v) is 5.16. The number of hydrogen-bond donors (Lipinski definition) is 3. The molecule has 3 aromatic carbocycles. The molecule has 5 N–H and O–H groups in total. The molecule has 0 aliphatic heterocycles. The van der Waals surface area contributed by atoms with E-state index in [9.17, 15) is 4.79 Å². The summed E-state index contributed by atoms with van der Waals surface area (Å²) in [6.07, 6.45) is 1.53. The molecule has 5 heteroatoms. The summed E-state index contributed by atoms with van der Waals surface area (Å²) >= 11 is 0. The highest BCUT2D eigenvalue weighted by atomic mass is 16.5. The minimum absolute atomic E-state index is 0.0937. The van der Waals surface area contributed by atoms with Gasteiger partial charge in [0.1, 0.15) is 5.75 Å². The third-order valence-electron chi connectivity index (χ3n) is 5.16. The second-order valence-electron chi connectivity index (χ2n) is 7.49. The predicted molar refractivity (Wildman–Crippen MR) is 123 cm³/mol. The van der Waals surface area contributed by atoms with Gasteiger partial charge in [-0.05, 0) is 60.8 Å². The van der Waals surface area contributed by atoms with Gasteiger partial charge in [-0.15, -0.1) is 0 Å². The fourth-order valence-electron chi connectivity index (χ4n) is 3.43. The number of carbonyl (C=O) groups is 1. The smallest absolute Gasteiger partial charge is 0.191 e. The number of fused-ring (bicyclic) bond motifs is 1. The van der Waals surface area contributed by atoms with Crippen molar-refractivity contribution in [3.63, 3.8) is 0 Å². The maximum Gasteiger partial charge on any atom is 0.191 e. The van der Waals surface area contributed by atoms with Crippen LogP contribution in [0.2, 0.25) is 0 Å². The lowest BCUT2D eigenvalue weighted by atomic mass is 10.0. The van der Waals surface area contributed by atoms with Crippen LogP contribution in [0.5, 0.6) is 5.75 Å². The van der Waals surface area contributed by atoms with Crippen molar-refractivity contribution in [3.8, 4) is 5.75 Å². The van der Waals surface area contributed by atoms with Gasteiger partial charge in [-0.25, -0.2) is 0 Å². The van der Waals surface area contributed by atoms with Crippen molar-refractivity contribution in [2.24, 2.45) is 11.5 Å². The van der Waals surface area contributed by atoms with Gasteiger partial charge in [-0.3, -0.25) is 4.79 Å². The maximum atomic E-state index is 13.0. The first kappa shape index (κ1) is 22.0. The van der Waals surface area contributed by atoms with E-state index >= 15 is 0 Å². The van der Waals surface area contributed by atoms with E-state index in [2.05, 4.69) is 23.5 Å². The molecule has 0 saturated heterocycles. The van der Waals surface area contributed by atoms with Gasteiger partial charge in [0.05, 0.1) is 6.04 Å². The molecule has 5 nitrogen and oxygen atoms in total. The first-order valence-corrected chi connectivity index (χ1v) is 10.6. The summed E-state index contributed by atoms with van der Waals surface area (Å²) in [6, 6.07) is 23.6. The minimum Gasteiger partial charge on any atom is -0.481 e. The van der Waals surface area contributed by atoms with E-state index in [0.717, 1.165) is 30.2 Å². The molecule has 3 rings (SSSR count). The van der Waals surface area contributed by atoms with Crippen LogP contribution in [0.1, 0.15) is 18.4 Å². The zero-order valence-electron chi connectivity index (χ0n) is 17.3. The topological polar surface area (TPSA) is 90.4 Å². The number of ketones is 1. The molecule has 0 fully saturated rings. The van der Waals surface area contributed by atoms with Crippen LogP contribution in [0.25, 0.3) is 10.8 Å². The average molecular weight is 406 g/mol. The van der Waals surface area contributed by atoms with Crippen molar-refractivity contribution in [1.82, 2.24) is 5.32 Å². The third kappa shape index (κ3) is 6.39. The SMILES string of the molecule is NCCC[C@@H](N)C(=O)C(CNCCc1ccccc1)Oc1ccc2ccccc2c1. The molecule has 30 heavy (non-hydrogen) atoms. The van der Waals surface area contributed by atoms with Crippen LogP contribution in [0.15, 0.2) is 72.8 Å². The largest absolute Gasteiger partial charge is 0.481 e. The molecular weight excluding hydrogens is 374 g/mol. The zero-order valence-corrected chi connectivity index (χ0v) is 17.3. The quantitative estimate of drug-likeness (QED) is 0.403. The first-order valence-electron chi connectivity index (χ1n) is 10.6. The summed E-state index contributed by atoms with van der Waals surface area (Å²) in [5.41, 5.74) is 13.0. The fourth-order valence-corrected chi connectivity index (χ4v) is 3.43. The van der Waals surface area contributed by atoms with E-state index in [0.29, 0.717) is 25.3 Å². The lowest BCUT2D eigenvalue weighted by Crippen LogP contribution is -2.47. The molecule has 158 valence electrons. The van der Waals surface area contributed by atoms with Gasteiger partial charge in [0, 0.05) is 6.54 Å². The van der Waals surface area contributed by atoms with Gasteiger partial charge in [0.15, 0.2) is 11.9 Å². The van der Waals surface area contributed by atoms with E-state index in [-0.39, 0.29) is 5.78 Å². The Morgan fingerprint density at radius 3 is 2.47 bits per heavy atom. The van der Waals surface area contributed by atoms with Gasteiger partial charge >= 0.3 is 0 Å². The Kier molecular flexibility index (Phi) is 8.39. The molecule has 1 unspecified atom stereocenters. The zero-order chi connectivity index (χ0) is 21.2. The highest BCUT2D eigenvalue weighted by molar-refractivity contribution is 5.89. The Morgan fingerprint density at radius 2 is 1.70 bits per heavy atom. The van der Waals surface area contributed by atoms with Crippen LogP contribution in [-0.2, 0) is 11.2 Å². The number of ether oxygens (including phenoxy) is 1. The molecule has 0 spiro atoms. The molecule has 0 bridgehead atoms. The summed E-state index contributed by atoms with van der Waals surface area (Å²) in [6.45, 7) is 1.69. The van der Waals surface area contributed by atoms with Crippen molar-refractivity contribution in [1.29, 1.82) is 0 Å². The molecule has 0 aromatic heterocycles. The molecule has 0 saturated carbocycles. The van der Waals surface area contributed by atoms with Crippen LogP contribution < -0.4 is 21.5 Å². The van der Waals surface area contributed by atoms with Crippen molar-refractivity contribution < 1.29 is 9.53 Å². The number of benzene rings is 3. The molecule has 0 amide bonds. The van der Waals surface area contributed by atoms with Crippen LogP contribution in [0.3, 0.4) is 0 Å². The molecule has 0 heterocycles. The summed E-state index contributed by atoms with van der Waals surface area (Å²) < 4.78 is 6.11. The number of rotatable bonds is 12. The van der Waals surface area contributed by atoms with Crippen molar-refractivity contribution in [2.45, 2.75) is 31.4 Å². The fraction of sp³-hybridized carbons (Fsp3) is 0.320. The molecule has 3 aromatic rings. The van der Waals surface area contributed by atoms with Gasteiger partial charge < -0.3 is 21.5 Å². The second-order valence-corrected chi connectivity index (χ2v) is 7.49. The maximum absolute atomic E-state index is 13.0. The van der Waals surface area contributed by atoms with Gasteiger partial charge in [-0.1, -0.05) is 60.7 Å². The van der Waals surface area contributed by atoms with Crippen molar-refractivity contribution in [2.75, 3.05) is 19.6 Å². The van der Waals surface area contributed by atoms with Crippen LogP contribution in [-0.4, -0.2) is 37.6 Å². The number of Topliss-reactive ketones (excluding diaryl/α,β-unsaturated/α-hetero) is 1. The molecule has 0 radical (unpaired) electrons. The van der Waals surface area contributed by atoms with E-state index in [1.54, 1.807) is 0 Å². The van der Waals surface area contributed by atoms with Gasteiger partial charge in [0.25, 0.3) is 0 Å². The van der Waals surface area contributed by atoms with E-state index in [1.807, 2.05) is 54.6 Å².